The topological polar surface area (TPSA) is 43.2 Å². The minimum Gasteiger partial charge on any atom is -0.476 e. The highest BCUT2D eigenvalue weighted by atomic mass is 35.5. The fourth-order valence-corrected chi connectivity index (χ4v) is 4.85. The summed E-state index contributed by atoms with van der Waals surface area (Å²) < 4.78 is 8.29. The van der Waals surface area contributed by atoms with Gasteiger partial charge in [-0.25, -0.2) is 0 Å². The van der Waals surface area contributed by atoms with E-state index in [1.54, 1.807) is 0 Å². The van der Waals surface area contributed by atoms with Crippen LogP contribution in [0.3, 0.4) is 0 Å². The summed E-state index contributed by atoms with van der Waals surface area (Å²) in [4.78, 5) is 7.02. The summed E-state index contributed by atoms with van der Waals surface area (Å²) >= 11 is 6.08. The minimum absolute atomic E-state index is 0.659. The van der Waals surface area contributed by atoms with E-state index in [2.05, 4.69) is 41.1 Å². The quantitative estimate of drug-likeness (QED) is 0.278. The van der Waals surface area contributed by atoms with Crippen molar-refractivity contribution in [3.63, 3.8) is 0 Å². The molecule has 1 aliphatic heterocycles. The molecule has 34 heavy (non-hydrogen) atoms. The van der Waals surface area contributed by atoms with Gasteiger partial charge in [0, 0.05) is 35.1 Å². The van der Waals surface area contributed by atoms with E-state index in [9.17, 15) is 0 Å². The average molecular weight is 475 g/mol. The van der Waals surface area contributed by atoms with Crippen LogP contribution in [0.15, 0.2) is 60.8 Å². The van der Waals surface area contributed by atoms with Crippen LogP contribution < -0.4 is 4.74 Å². The molecule has 1 atom stereocenters. The van der Waals surface area contributed by atoms with Crippen LogP contribution in [0.5, 0.6) is 5.88 Å². The molecule has 0 amide bonds. The first-order chi connectivity index (χ1) is 16.6. The molecular weight excluding hydrogens is 444 g/mol. The van der Waals surface area contributed by atoms with Gasteiger partial charge in [0.05, 0.1) is 24.1 Å². The van der Waals surface area contributed by atoms with Gasteiger partial charge in [-0.3, -0.25) is 9.67 Å². The van der Waals surface area contributed by atoms with Crippen molar-refractivity contribution in [1.82, 2.24) is 19.7 Å². The molecule has 2 aromatic heterocycles. The minimum atomic E-state index is 0.659. The Labute approximate surface area is 206 Å². The van der Waals surface area contributed by atoms with Crippen molar-refractivity contribution in [2.75, 3.05) is 19.7 Å². The monoisotopic (exact) mass is 474 g/mol. The first kappa shape index (κ1) is 22.9. The number of hydrogen-bond acceptors (Lipinski definition) is 4. The van der Waals surface area contributed by atoms with E-state index < -0.39 is 0 Å². The van der Waals surface area contributed by atoms with Gasteiger partial charge in [0.15, 0.2) is 0 Å². The SMILES string of the molecule is Cc1ccc(-c2ccc3c(c2)c(OCCCN2CCC[C@@H]2C)nn3Cc2ccc(Cl)cc2)cn1. The molecule has 0 bridgehead atoms. The number of benzene rings is 2. The van der Waals surface area contributed by atoms with Gasteiger partial charge in [0.2, 0.25) is 5.88 Å². The van der Waals surface area contributed by atoms with Gasteiger partial charge in [-0.15, -0.1) is 5.10 Å². The molecule has 0 unspecified atom stereocenters. The molecule has 6 heteroatoms. The summed E-state index contributed by atoms with van der Waals surface area (Å²) in [5.74, 6) is 0.695. The number of hydrogen-bond donors (Lipinski definition) is 0. The van der Waals surface area contributed by atoms with E-state index in [0.29, 0.717) is 25.1 Å². The van der Waals surface area contributed by atoms with Crippen molar-refractivity contribution < 1.29 is 4.74 Å². The van der Waals surface area contributed by atoms with Crippen molar-refractivity contribution in [3.05, 3.63) is 77.1 Å². The molecule has 0 N–H and O–H groups in total. The summed E-state index contributed by atoms with van der Waals surface area (Å²) in [7, 11) is 0. The standard InChI is InChI=1S/C28H31ClN4O/c1-20-6-9-24(18-30-20)23-10-13-27-26(17-23)28(34-16-4-15-32-14-3-5-21(32)2)31-33(27)19-22-7-11-25(29)12-8-22/h6-13,17-18,21H,3-5,14-16,19H2,1-2H3/t21-/m0/s1. The summed E-state index contributed by atoms with van der Waals surface area (Å²) in [5.41, 5.74) is 5.42. The number of pyridine rings is 1. The lowest BCUT2D eigenvalue weighted by Crippen LogP contribution is -2.28. The van der Waals surface area contributed by atoms with Crippen molar-refractivity contribution in [1.29, 1.82) is 0 Å². The average Bonchev–Trinajstić information content (AvgIpc) is 3.41. The summed E-state index contributed by atoms with van der Waals surface area (Å²) in [5, 5.41) is 6.64. The Kier molecular flexibility index (Phi) is 6.84. The highest BCUT2D eigenvalue weighted by molar-refractivity contribution is 6.30. The Morgan fingerprint density at radius 2 is 1.88 bits per heavy atom. The number of aryl methyl sites for hydroxylation is 1. The fourth-order valence-electron chi connectivity index (χ4n) is 4.72. The third-order valence-corrected chi connectivity index (χ3v) is 6.98. The van der Waals surface area contributed by atoms with Crippen LogP contribution in [0.4, 0.5) is 0 Å². The van der Waals surface area contributed by atoms with Crippen molar-refractivity contribution in [2.24, 2.45) is 0 Å². The van der Waals surface area contributed by atoms with E-state index in [-0.39, 0.29) is 0 Å². The molecule has 1 fully saturated rings. The maximum absolute atomic E-state index is 6.27. The largest absolute Gasteiger partial charge is 0.476 e. The molecule has 0 radical (unpaired) electrons. The van der Waals surface area contributed by atoms with E-state index in [4.69, 9.17) is 21.4 Å². The Hall–Kier alpha value is -2.89. The molecule has 1 aliphatic rings. The molecule has 0 saturated carbocycles. The highest BCUT2D eigenvalue weighted by Gasteiger charge is 2.19. The first-order valence-corrected chi connectivity index (χ1v) is 12.5. The van der Waals surface area contributed by atoms with Crippen LogP contribution in [-0.4, -0.2) is 45.4 Å². The van der Waals surface area contributed by atoms with Crippen LogP contribution in [0.2, 0.25) is 5.02 Å². The molecule has 0 spiro atoms. The first-order valence-electron chi connectivity index (χ1n) is 12.1. The van der Waals surface area contributed by atoms with E-state index in [0.717, 1.165) is 51.3 Å². The Morgan fingerprint density at radius 1 is 1.06 bits per heavy atom. The number of aromatic nitrogens is 3. The van der Waals surface area contributed by atoms with Crippen molar-refractivity contribution >= 4 is 22.5 Å². The molecule has 3 heterocycles. The normalized spacial score (nSPS) is 16.4. The van der Waals surface area contributed by atoms with Crippen molar-refractivity contribution in [3.8, 4) is 17.0 Å². The summed E-state index contributed by atoms with van der Waals surface area (Å²) in [6, 6.07) is 19.2. The van der Waals surface area contributed by atoms with Crippen LogP contribution in [0.25, 0.3) is 22.0 Å². The molecule has 5 nitrogen and oxygen atoms in total. The predicted octanol–water partition coefficient (Wildman–Crippen LogP) is 6.36. The number of rotatable bonds is 8. The van der Waals surface area contributed by atoms with Crippen LogP contribution in [-0.2, 0) is 6.54 Å². The number of ether oxygens (including phenoxy) is 1. The fraction of sp³-hybridized carbons (Fsp3) is 0.357. The van der Waals surface area contributed by atoms with Gasteiger partial charge < -0.3 is 9.64 Å². The summed E-state index contributed by atoms with van der Waals surface area (Å²) in [6.45, 7) is 7.92. The molecule has 5 rings (SSSR count). The second-order valence-corrected chi connectivity index (χ2v) is 9.68. The molecule has 0 aliphatic carbocycles. The van der Waals surface area contributed by atoms with Gasteiger partial charge in [-0.2, -0.15) is 0 Å². The van der Waals surface area contributed by atoms with Gasteiger partial charge in [-0.05, 0) is 81.1 Å². The lowest BCUT2D eigenvalue weighted by atomic mass is 10.1. The van der Waals surface area contributed by atoms with Crippen molar-refractivity contribution in [2.45, 2.75) is 45.7 Å². The van der Waals surface area contributed by atoms with Gasteiger partial charge in [-0.1, -0.05) is 35.9 Å². The molecule has 1 saturated heterocycles. The van der Waals surface area contributed by atoms with Gasteiger partial charge in [0.1, 0.15) is 0 Å². The highest BCUT2D eigenvalue weighted by Crippen LogP contribution is 2.31. The number of likely N-dealkylation sites (tertiary alicyclic amines) is 1. The third kappa shape index (κ3) is 5.11. The van der Waals surface area contributed by atoms with E-state index in [1.165, 1.54) is 19.4 Å². The number of nitrogens with zero attached hydrogens (tertiary/aromatic N) is 4. The molecule has 2 aromatic carbocycles. The Balaban J connectivity index is 1.40. The predicted molar refractivity (Wildman–Crippen MR) is 139 cm³/mol. The second kappa shape index (κ2) is 10.2. The lowest BCUT2D eigenvalue weighted by Gasteiger charge is -2.20. The maximum Gasteiger partial charge on any atom is 0.240 e. The lowest BCUT2D eigenvalue weighted by molar-refractivity contribution is 0.227. The second-order valence-electron chi connectivity index (χ2n) is 9.24. The van der Waals surface area contributed by atoms with Gasteiger partial charge in [0.25, 0.3) is 0 Å². The van der Waals surface area contributed by atoms with Crippen LogP contribution in [0.1, 0.15) is 37.4 Å². The zero-order valence-corrected chi connectivity index (χ0v) is 20.6. The van der Waals surface area contributed by atoms with Gasteiger partial charge >= 0.3 is 0 Å². The Morgan fingerprint density at radius 3 is 2.62 bits per heavy atom. The maximum atomic E-state index is 6.27. The van der Waals surface area contributed by atoms with E-state index in [1.807, 2.05) is 48.1 Å². The third-order valence-electron chi connectivity index (χ3n) is 6.73. The smallest absolute Gasteiger partial charge is 0.240 e. The molecular formula is C28H31ClN4O. The zero-order chi connectivity index (χ0) is 23.5. The molecule has 4 aromatic rings. The molecule has 176 valence electrons. The Bertz CT molecular complexity index is 1250. The number of halogens is 1. The zero-order valence-electron chi connectivity index (χ0n) is 19.9. The van der Waals surface area contributed by atoms with Crippen LogP contribution >= 0.6 is 11.6 Å². The van der Waals surface area contributed by atoms with Crippen LogP contribution in [0, 0.1) is 6.92 Å². The number of fused-ring (bicyclic) bond motifs is 1. The van der Waals surface area contributed by atoms with E-state index >= 15 is 0 Å². The summed E-state index contributed by atoms with van der Waals surface area (Å²) in [6.07, 6.45) is 5.53.